The summed E-state index contributed by atoms with van der Waals surface area (Å²) in [6, 6.07) is 8.39. The summed E-state index contributed by atoms with van der Waals surface area (Å²) in [4.78, 5) is 4.24. The molecule has 0 aliphatic carbocycles. The Hall–Kier alpha value is -2.61. The normalized spacial score (nSPS) is 12.3. The van der Waals surface area contributed by atoms with Crippen molar-refractivity contribution in [3.8, 4) is 0 Å². The van der Waals surface area contributed by atoms with Crippen LogP contribution in [0.25, 0.3) is 0 Å². The van der Waals surface area contributed by atoms with Crippen molar-refractivity contribution >= 4 is 24.1 Å². The molecular weight excluding hydrogens is 379 g/mol. The maximum atomic E-state index is 13.0. The summed E-state index contributed by atoms with van der Waals surface area (Å²) in [5.74, 6) is -0.304. The van der Waals surface area contributed by atoms with Gasteiger partial charge in [-0.25, -0.2) is 0 Å². The molecule has 9 heteroatoms. The van der Waals surface area contributed by atoms with Crippen LogP contribution in [0.15, 0.2) is 52.8 Å². The molecule has 27 heavy (non-hydrogen) atoms. The number of pyridine rings is 1. The minimum absolute atomic E-state index is 0. The molecule has 0 spiro atoms. The van der Waals surface area contributed by atoms with Crippen LogP contribution in [0.5, 0.6) is 0 Å². The second-order valence-corrected chi connectivity index (χ2v) is 6.73. The van der Waals surface area contributed by atoms with Crippen LogP contribution in [0.4, 0.5) is 13.2 Å². The Labute approximate surface area is 161 Å². The van der Waals surface area contributed by atoms with E-state index in [1.807, 2.05) is 26.8 Å². The van der Waals surface area contributed by atoms with Crippen molar-refractivity contribution in [1.82, 2.24) is 4.98 Å². The lowest BCUT2D eigenvalue weighted by molar-refractivity contribution is -0.137. The van der Waals surface area contributed by atoms with E-state index in [0.29, 0.717) is 5.69 Å². The molecule has 146 valence electrons. The third-order valence-corrected chi connectivity index (χ3v) is 3.60. The van der Waals surface area contributed by atoms with Crippen LogP contribution in [-0.2, 0) is 11.6 Å². The Bertz CT molecular complexity index is 791. The average Bonchev–Trinajstić information content (AvgIpc) is 2.54. The largest absolute Gasteiger partial charge is 0.416 e. The molecule has 0 saturated carbocycles. The Kier molecular flexibility index (Phi) is 6.97. The van der Waals surface area contributed by atoms with Crippen molar-refractivity contribution < 1.29 is 13.2 Å². The minimum Gasteiger partial charge on any atom is -0.369 e. The van der Waals surface area contributed by atoms with Crippen LogP contribution in [0.1, 0.15) is 43.2 Å². The van der Waals surface area contributed by atoms with Crippen molar-refractivity contribution in [2.24, 2.45) is 21.7 Å². The van der Waals surface area contributed by atoms with Gasteiger partial charge in [-0.3, -0.25) is 4.98 Å². The lowest BCUT2D eigenvalue weighted by Gasteiger charge is -2.19. The predicted molar refractivity (Wildman–Crippen MR) is 103 cm³/mol. The summed E-state index contributed by atoms with van der Waals surface area (Å²) in [5.41, 5.74) is 11.4. The van der Waals surface area contributed by atoms with E-state index < -0.39 is 11.7 Å². The highest BCUT2D eigenvalue weighted by Crippen LogP contribution is 2.30. The number of alkyl halides is 3. The van der Waals surface area contributed by atoms with E-state index in [1.54, 1.807) is 12.3 Å². The third kappa shape index (κ3) is 5.96. The van der Waals surface area contributed by atoms with Gasteiger partial charge in [-0.05, 0) is 35.2 Å². The fraction of sp³-hybridized carbons (Fsp3) is 0.278. The molecule has 1 heterocycles. The van der Waals surface area contributed by atoms with Gasteiger partial charge in [-0.2, -0.15) is 13.2 Å². The maximum absolute atomic E-state index is 13.0. The molecule has 2 rings (SSSR count). The van der Waals surface area contributed by atoms with E-state index in [0.717, 1.165) is 17.7 Å². The topological polar surface area (TPSA) is 89.6 Å². The first kappa shape index (κ1) is 22.4. The molecule has 0 unspecified atom stereocenters. The van der Waals surface area contributed by atoms with Gasteiger partial charge in [-0.15, -0.1) is 22.6 Å². The summed E-state index contributed by atoms with van der Waals surface area (Å²) in [5, 5.41) is 7.54. The molecule has 0 aliphatic rings. The van der Waals surface area contributed by atoms with Crippen molar-refractivity contribution in [3.63, 3.8) is 0 Å². The van der Waals surface area contributed by atoms with Crippen LogP contribution in [0.3, 0.4) is 0 Å². The van der Waals surface area contributed by atoms with Gasteiger partial charge in [0.2, 0.25) is 5.96 Å². The van der Waals surface area contributed by atoms with Crippen LogP contribution in [0, 0.1) is 0 Å². The number of halogens is 4. The van der Waals surface area contributed by atoms with E-state index in [2.05, 4.69) is 15.2 Å². The zero-order chi connectivity index (χ0) is 19.5. The SMILES string of the molecule is CC(C)(C)c1ccnc(/C(=N\N=C(N)N)c2cccc(C(F)(F)F)c2)c1.Cl. The van der Waals surface area contributed by atoms with Crippen LogP contribution in [0.2, 0.25) is 0 Å². The molecule has 0 atom stereocenters. The third-order valence-electron chi connectivity index (χ3n) is 3.60. The quantitative estimate of drug-likeness (QED) is 0.466. The minimum atomic E-state index is -4.47. The van der Waals surface area contributed by atoms with E-state index in [9.17, 15) is 13.2 Å². The zero-order valence-corrected chi connectivity index (χ0v) is 15.9. The van der Waals surface area contributed by atoms with Crippen LogP contribution >= 0.6 is 12.4 Å². The number of nitrogens with zero attached hydrogens (tertiary/aromatic N) is 3. The summed E-state index contributed by atoms with van der Waals surface area (Å²) >= 11 is 0. The van der Waals surface area contributed by atoms with Gasteiger partial charge in [0.25, 0.3) is 0 Å². The standard InChI is InChI=1S/C18H20F3N5.ClH/c1-17(2,3)12-7-8-24-14(10-12)15(25-26-16(22)23)11-5-4-6-13(9-11)18(19,20)21;/h4-10H,1-3H3,(H4,22,23,26);1H/b25-15-;. The van der Waals surface area contributed by atoms with Crippen molar-refractivity contribution in [3.05, 3.63) is 65.0 Å². The van der Waals surface area contributed by atoms with E-state index in [1.165, 1.54) is 12.1 Å². The Morgan fingerprint density at radius 3 is 2.19 bits per heavy atom. The maximum Gasteiger partial charge on any atom is 0.416 e. The molecule has 0 radical (unpaired) electrons. The van der Waals surface area contributed by atoms with Gasteiger partial charge >= 0.3 is 6.18 Å². The summed E-state index contributed by atoms with van der Waals surface area (Å²) in [7, 11) is 0. The van der Waals surface area contributed by atoms with Crippen molar-refractivity contribution in [2.45, 2.75) is 32.4 Å². The lowest BCUT2D eigenvalue weighted by Crippen LogP contribution is -2.22. The summed E-state index contributed by atoms with van der Waals surface area (Å²) in [6.45, 7) is 6.05. The van der Waals surface area contributed by atoms with E-state index >= 15 is 0 Å². The number of rotatable bonds is 3. The molecule has 0 fully saturated rings. The van der Waals surface area contributed by atoms with Crippen molar-refractivity contribution in [2.75, 3.05) is 0 Å². The second-order valence-electron chi connectivity index (χ2n) is 6.73. The van der Waals surface area contributed by atoms with Gasteiger partial charge < -0.3 is 11.5 Å². The first-order valence-electron chi connectivity index (χ1n) is 7.79. The fourth-order valence-corrected chi connectivity index (χ4v) is 2.23. The fourth-order valence-electron chi connectivity index (χ4n) is 2.23. The highest BCUT2D eigenvalue weighted by Gasteiger charge is 2.31. The van der Waals surface area contributed by atoms with Gasteiger partial charge in [0.15, 0.2) is 0 Å². The molecule has 0 aliphatic heterocycles. The molecule has 0 bridgehead atoms. The van der Waals surface area contributed by atoms with Crippen LogP contribution < -0.4 is 11.5 Å². The zero-order valence-electron chi connectivity index (χ0n) is 15.1. The molecule has 0 amide bonds. The van der Waals surface area contributed by atoms with E-state index in [-0.39, 0.29) is 35.1 Å². The summed E-state index contributed by atoms with van der Waals surface area (Å²) in [6.07, 6.45) is -2.90. The Morgan fingerprint density at radius 2 is 1.63 bits per heavy atom. The van der Waals surface area contributed by atoms with Gasteiger partial charge in [0.1, 0.15) is 5.71 Å². The number of nitrogens with two attached hydrogens (primary N) is 2. The molecule has 5 nitrogen and oxygen atoms in total. The van der Waals surface area contributed by atoms with Gasteiger partial charge in [0.05, 0.1) is 11.3 Å². The number of benzene rings is 1. The highest BCUT2D eigenvalue weighted by atomic mass is 35.5. The lowest BCUT2D eigenvalue weighted by atomic mass is 9.87. The number of aromatic nitrogens is 1. The van der Waals surface area contributed by atoms with Crippen molar-refractivity contribution in [1.29, 1.82) is 0 Å². The number of hydrogen-bond acceptors (Lipinski definition) is 3. The smallest absolute Gasteiger partial charge is 0.369 e. The molecule has 0 saturated heterocycles. The van der Waals surface area contributed by atoms with Crippen LogP contribution in [-0.4, -0.2) is 16.7 Å². The second kappa shape index (κ2) is 8.39. The van der Waals surface area contributed by atoms with Gasteiger partial charge in [-0.1, -0.05) is 32.9 Å². The average molecular weight is 400 g/mol. The number of guanidine groups is 1. The molecular formula is C18H21ClF3N5. The van der Waals surface area contributed by atoms with E-state index in [4.69, 9.17) is 11.5 Å². The molecule has 4 N–H and O–H groups in total. The number of hydrogen-bond donors (Lipinski definition) is 2. The Morgan fingerprint density at radius 1 is 0.963 bits per heavy atom. The first-order chi connectivity index (χ1) is 12.0. The summed E-state index contributed by atoms with van der Waals surface area (Å²) < 4.78 is 39.1. The molecule has 1 aromatic carbocycles. The monoisotopic (exact) mass is 399 g/mol. The van der Waals surface area contributed by atoms with Gasteiger partial charge in [0, 0.05) is 11.8 Å². The molecule has 2 aromatic rings. The highest BCUT2D eigenvalue weighted by molar-refractivity contribution is 6.12. The predicted octanol–water partition coefficient (Wildman–Crippen LogP) is 3.85. The first-order valence-corrected chi connectivity index (χ1v) is 7.79. The molecule has 1 aromatic heterocycles. The Balaban J connectivity index is 0.00000364.